The van der Waals surface area contributed by atoms with Crippen molar-refractivity contribution in [1.29, 1.82) is 0 Å². The third-order valence-electron chi connectivity index (χ3n) is 5.98. The summed E-state index contributed by atoms with van der Waals surface area (Å²) in [5.74, 6) is -0.822. The van der Waals surface area contributed by atoms with Gasteiger partial charge in [-0.1, -0.05) is 84.4 Å². The van der Waals surface area contributed by atoms with Crippen molar-refractivity contribution in [2.45, 2.75) is 18.6 Å². The predicted molar refractivity (Wildman–Crippen MR) is 126 cm³/mol. The normalized spacial score (nSPS) is 17.6. The van der Waals surface area contributed by atoms with E-state index in [0.717, 1.165) is 16.3 Å². The van der Waals surface area contributed by atoms with E-state index in [2.05, 4.69) is 0 Å². The molecule has 0 saturated heterocycles. The third-order valence-corrected chi connectivity index (χ3v) is 6.22. The van der Waals surface area contributed by atoms with Gasteiger partial charge in [0.1, 0.15) is 0 Å². The van der Waals surface area contributed by atoms with Crippen molar-refractivity contribution in [1.82, 2.24) is 0 Å². The van der Waals surface area contributed by atoms with Gasteiger partial charge in [0.25, 0.3) is 5.91 Å². The first-order valence-electron chi connectivity index (χ1n) is 10.4. The molecule has 0 radical (unpaired) electrons. The first kappa shape index (κ1) is 20.4. The molecule has 5 heteroatoms. The molecule has 0 saturated carbocycles. The van der Waals surface area contributed by atoms with Crippen LogP contribution >= 0.6 is 11.6 Å². The van der Waals surface area contributed by atoms with Gasteiger partial charge < -0.3 is 10.0 Å². The van der Waals surface area contributed by atoms with Crippen LogP contribution in [0.15, 0.2) is 91.0 Å². The number of halogens is 1. The van der Waals surface area contributed by atoms with Crippen LogP contribution in [0.5, 0.6) is 0 Å². The maximum atomic E-state index is 13.5. The average Bonchev–Trinajstić information content (AvgIpc) is 3.00. The monoisotopic (exact) mass is 441 g/mol. The van der Waals surface area contributed by atoms with Crippen molar-refractivity contribution in [3.8, 4) is 0 Å². The molecule has 0 aromatic heterocycles. The summed E-state index contributed by atoms with van der Waals surface area (Å²) in [6.45, 7) is 0.291. The molecule has 1 amide bonds. The first-order chi connectivity index (χ1) is 15.5. The molecule has 1 heterocycles. The van der Waals surface area contributed by atoms with Crippen LogP contribution in [0.25, 0.3) is 10.8 Å². The molecule has 5 rings (SSSR count). The fourth-order valence-electron chi connectivity index (χ4n) is 4.41. The quantitative estimate of drug-likeness (QED) is 0.416. The lowest BCUT2D eigenvalue weighted by molar-refractivity contribution is -0.136. The van der Waals surface area contributed by atoms with Gasteiger partial charge >= 0.3 is 0 Å². The summed E-state index contributed by atoms with van der Waals surface area (Å²) < 4.78 is 0. The predicted octanol–water partition coefficient (Wildman–Crippen LogP) is 5.50. The minimum absolute atomic E-state index is 0.291. The molecule has 1 atom stereocenters. The number of rotatable bonds is 5. The van der Waals surface area contributed by atoms with Crippen molar-refractivity contribution in [2.75, 3.05) is 4.90 Å². The third kappa shape index (κ3) is 3.38. The summed E-state index contributed by atoms with van der Waals surface area (Å²) in [7, 11) is 0. The maximum absolute atomic E-state index is 13.5. The number of anilines is 1. The molecule has 4 aromatic carbocycles. The van der Waals surface area contributed by atoms with Gasteiger partial charge in [-0.3, -0.25) is 9.59 Å². The van der Waals surface area contributed by atoms with E-state index in [0.29, 0.717) is 28.4 Å². The smallest absolute Gasteiger partial charge is 0.264 e. The van der Waals surface area contributed by atoms with Gasteiger partial charge in [-0.2, -0.15) is 0 Å². The van der Waals surface area contributed by atoms with E-state index >= 15 is 0 Å². The zero-order valence-electron chi connectivity index (χ0n) is 17.2. The molecule has 0 bridgehead atoms. The average molecular weight is 442 g/mol. The zero-order valence-corrected chi connectivity index (χ0v) is 17.9. The summed E-state index contributed by atoms with van der Waals surface area (Å²) in [5.41, 5.74) is 0.347. The standard InChI is InChI=1S/C27H20ClNO3/c28-20-13-14-24-23(15-20)27(32,26(31)29(24)17-18-7-2-1-3-8-18)16-25(30)22-12-6-10-19-9-4-5-11-21(19)22/h1-15,32H,16-17H2/t27-/m1/s1. The number of amides is 1. The molecule has 0 aliphatic carbocycles. The molecule has 158 valence electrons. The van der Waals surface area contributed by atoms with Gasteiger partial charge in [-0.25, -0.2) is 0 Å². The number of Topliss-reactive ketones (excluding diaryl/α,β-unsaturated/α-hetero) is 1. The Bertz CT molecular complexity index is 1350. The summed E-state index contributed by atoms with van der Waals surface area (Å²) >= 11 is 6.21. The SMILES string of the molecule is O=C(C[C@]1(O)C(=O)N(Cc2ccccc2)c2ccc(Cl)cc21)c1cccc2ccccc12. The highest BCUT2D eigenvalue weighted by atomic mass is 35.5. The minimum atomic E-state index is -1.98. The second-order valence-corrected chi connectivity index (χ2v) is 8.46. The van der Waals surface area contributed by atoms with Gasteiger partial charge in [0.15, 0.2) is 11.4 Å². The van der Waals surface area contributed by atoms with Gasteiger partial charge in [0, 0.05) is 16.1 Å². The van der Waals surface area contributed by atoms with E-state index in [-0.39, 0.29) is 12.2 Å². The summed E-state index contributed by atoms with van der Waals surface area (Å²) in [5, 5.41) is 13.7. The second kappa shape index (κ2) is 7.90. The summed E-state index contributed by atoms with van der Waals surface area (Å²) in [6, 6.07) is 27.6. The number of carbonyl (C=O) groups excluding carboxylic acids is 2. The van der Waals surface area contributed by atoms with E-state index in [9.17, 15) is 14.7 Å². The number of aliphatic hydroxyl groups is 1. The molecule has 1 aliphatic rings. The Hall–Kier alpha value is -3.47. The van der Waals surface area contributed by atoms with Crippen LogP contribution < -0.4 is 4.90 Å². The highest BCUT2D eigenvalue weighted by Gasteiger charge is 2.51. The molecule has 0 spiro atoms. The topological polar surface area (TPSA) is 57.6 Å². The molecule has 0 unspecified atom stereocenters. The Balaban J connectivity index is 1.55. The molecule has 4 nitrogen and oxygen atoms in total. The fourth-order valence-corrected chi connectivity index (χ4v) is 4.58. The van der Waals surface area contributed by atoms with Crippen LogP contribution in [0.2, 0.25) is 5.02 Å². The van der Waals surface area contributed by atoms with E-state index < -0.39 is 11.5 Å². The van der Waals surface area contributed by atoms with Crippen molar-refractivity contribution in [2.24, 2.45) is 0 Å². The highest BCUT2D eigenvalue weighted by Crippen LogP contribution is 2.45. The molecular formula is C27H20ClNO3. The Kier molecular flexibility index (Phi) is 5.04. The number of fused-ring (bicyclic) bond motifs is 2. The molecule has 4 aromatic rings. The molecular weight excluding hydrogens is 422 g/mol. The van der Waals surface area contributed by atoms with Crippen molar-refractivity contribution in [3.05, 3.63) is 113 Å². The van der Waals surface area contributed by atoms with Gasteiger partial charge in [-0.15, -0.1) is 0 Å². The Morgan fingerprint density at radius 2 is 1.62 bits per heavy atom. The van der Waals surface area contributed by atoms with E-state index in [1.807, 2.05) is 66.7 Å². The second-order valence-electron chi connectivity index (χ2n) is 8.03. The molecule has 1 N–H and O–H groups in total. The lowest BCUT2D eigenvalue weighted by Crippen LogP contribution is -2.41. The number of carbonyl (C=O) groups is 2. The van der Waals surface area contributed by atoms with Crippen molar-refractivity contribution >= 4 is 39.8 Å². The Morgan fingerprint density at radius 1 is 0.906 bits per heavy atom. The van der Waals surface area contributed by atoms with Crippen molar-refractivity contribution < 1.29 is 14.7 Å². The Morgan fingerprint density at radius 3 is 2.44 bits per heavy atom. The lowest BCUT2D eigenvalue weighted by atomic mass is 9.87. The van der Waals surface area contributed by atoms with Gasteiger partial charge in [0.2, 0.25) is 0 Å². The van der Waals surface area contributed by atoms with Gasteiger partial charge in [0.05, 0.1) is 18.7 Å². The van der Waals surface area contributed by atoms with Crippen LogP contribution in [0.3, 0.4) is 0 Å². The van der Waals surface area contributed by atoms with Gasteiger partial charge in [-0.05, 0) is 34.5 Å². The Labute approximate surface area is 190 Å². The van der Waals surface area contributed by atoms with Crippen LogP contribution in [0, 0.1) is 0 Å². The molecule has 1 aliphatic heterocycles. The fraction of sp³-hybridized carbons (Fsp3) is 0.111. The maximum Gasteiger partial charge on any atom is 0.264 e. The molecule has 0 fully saturated rings. The van der Waals surface area contributed by atoms with Crippen LogP contribution in [-0.2, 0) is 16.9 Å². The summed E-state index contributed by atoms with van der Waals surface area (Å²) in [6.07, 6.45) is -0.363. The summed E-state index contributed by atoms with van der Waals surface area (Å²) in [4.78, 5) is 28.4. The number of ketones is 1. The lowest BCUT2D eigenvalue weighted by Gasteiger charge is -2.23. The number of nitrogens with zero attached hydrogens (tertiary/aromatic N) is 1. The van der Waals surface area contributed by atoms with E-state index in [4.69, 9.17) is 11.6 Å². The minimum Gasteiger partial charge on any atom is -0.375 e. The largest absolute Gasteiger partial charge is 0.375 e. The van der Waals surface area contributed by atoms with Crippen LogP contribution in [0.1, 0.15) is 27.9 Å². The number of benzene rings is 4. The zero-order chi connectivity index (χ0) is 22.3. The highest BCUT2D eigenvalue weighted by molar-refractivity contribution is 6.31. The van der Waals surface area contributed by atoms with Crippen LogP contribution in [-0.4, -0.2) is 16.8 Å². The van der Waals surface area contributed by atoms with Crippen molar-refractivity contribution in [3.63, 3.8) is 0 Å². The first-order valence-corrected chi connectivity index (χ1v) is 10.7. The number of hydrogen-bond donors (Lipinski definition) is 1. The molecule has 32 heavy (non-hydrogen) atoms. The van der Waals surface area contributed by atoms with E-state index in [1.165, 1.54) is 4.90 Å². The number of hydrogen-bond acceptors (Lipinski definition) is 3. The van der Waals surface area contributed by atoms with E-state index in [1.54, 1.807) is 24.3 Å². The van der Waals surface area contributed by atoms with Crippen LogP contribution in [0.4, 0.5) is 5.69 Å².